The summed E-state index contributed by atoms with van der Waals surface area (Å²) in [6.07, 6.45) is 7.69. The summed E-state index contributed by atoms with van der Waals surface area (Å²) >= 11 is 0. The van der Waals surface area contributed by atoms with E-state index in [4.69, 9.17) is 9.84 Å². The summed E-state index contributed by atoms with van der Waals surface area (Å²) in [6, 6.07) is 1.84. The summed E-state index contributed by atoms with van der Waals surface area (Å²) in [5, 5.41) is 8.66. The van der Waals surface area contributed by atoms with Gasteiger partial charge in [-0.2, -0.15) is 0 Å². The van der Waals surface area contributed by atoms with Gasteiger partial charge in [0.25, 0.3) is 0 Å². The molecule has 0 spiro atoms. The van der Waals surface area contributed by atoms with E-state index < -0.39 is 5.97 Å². The highest BCUT2D eigenvalue weighted by atomic mass is 19.1. The van der Waals surface area contributed by atoms with Gasteiger partial charge >= 0.3 is 5.97 Å². The van der Waals surface area contributed by atoms with Crippen molar-refractivity contribution in [3.05, 3.63) is 69.8 Å². The first kappa shape index (κ1) is 20.4. The van der Waals surface area contributed by atoms with E-state index in [1.165, 1.54) is 6.08 Å². The molecule has 1 aromatic rings. The van der Waals surface area contributed by atoms with Gasteiger partial charge in [0.1, 0.15) is 11.6 Å². The second-order valence-electron chi connectivity index (χ2n) is 6.01. The van der Waals surface area contributed by atoms with E-state index in [0.29, 0.717) is 11.1 Å². The Morgan fingerprint density at radius 2 is 1.76 bits per heavy atom. The summed E-state index contributed by atoms with van der Waals surface area (Å²) < 4.78 is 20.1. The maximum absolute atomic E-state index is 14.7. The largest absolute Gasteiger partial charge is 0.496 e. The first-order valence-corrected chi connectivity index (χ1v) is 7.96. The average molecular weight is 344 g/mol. The Kier molecular flexibility index (Phi) is 7.37. The molecule has 0 unspecified atom stereocenters. The lowest BCUT2D eigenvalue weighted by Gasteiger charge is -2.15. The highest BCUT2D eigenvalue weighted by Gasteiger charge is 2.14. The Balaban J connectivity index is 3.13. The monoisotopic (exact) mass is 344 g/mol. The summed E-state index contributed by atoms with van der Waals surface area (Å²) in [7, 11) is 1.60. The fourth-order valence-electron chi connectivity index (χ4n) is 2.54. The van der Waals surface area contributed by atoms with Crippen molar-refractivity contribution in [2.75, 3.05) is 7.11 Å². The number of halogens is 1. The number of carbonyl (C=O) groups is 1. The molecule has 0 saturated carbocycles. The van der Waals surface area contributed by atoms with Crippen molar-refractivity contribution < 1.29 is 19.0 Å². The predicted octanol–water partition coefficient (Wildman–Crippen LogP) is 5.46. The zero-order valence-corrected chi connectivity index (χ0v) is 15.6. The molecule has 0 aliphatic heterocycles. The number of hydrogen-bond acceptors (Lipinski definition) is 2. The molecule has 134 valence electrons. The van der Waals surface area contributed by atoms with Crippen LogP contribution < -0.4 is 4.74 Å². The zero-order valence-electron chi connectivity index (χ0n) is 15.6. The second kappa shape index (κ2) is 9.02. The number of hydrogen-bond donors (Lipinski definition) is 1. The minimum Gasteiger partial charge on any atom is -0.496 e. The van der Waals surface area contributed by atoms with Gasteiger partial charge in [0.05, 0.1) is 7.11 Å². The molecule has 25 heavy (non-hydrogen) atoms. The molecule has 3 nitrogen and oxygen atoms in total. The number of carboxylic acids is 1. The molecule has 4 heteroatoms. The van der Waals surface area contributed by atoms with Gasteiger partial charge in [-0.3, -0.25) is 0 Å². The van der Waals surface area contributed by atoms with Crippen molar-refractivity contribution in [1.82, 2.24) is 0 Å². The third-order valence-corrected chi connectivity index (χ3v) is 3.93. The van der Waals surface area contributed by atoms with Crippen LogP contribution in [0.5, 0.6) is 5.75 Å². The lowest BCUT2D eigenvalue weighted by atomic mass is 9.95. The average Bonchev–Trinajstić information content (AvgIpc) is 2.50. The van der Waals surface area contributed by atoms with Gasteiger partial charge in [0.2, 0.25) is 0 Å². The molecule has 1 N–H and O–H groups in total. The lowest BCUT2D eigenvalue weighted by Crippen LogP contribution is -1.98. The van der Waals surface area contributed by atoms with E-state index in [1.54, 1.807) is 39.2 Å². The van der Waals surface area contributed by atoms with Crippen LogP contribution >= 0.6 is 0 Å². The molecule has 0 saturated heterocycles. The molecule has 0 heterocycles. The van der Waals surface area contributed by atoms with Gasteiger partial charge in [0.15, 0.2) is 0 Å². The van der Waals surface area contributed by atoms with Crippen LogP contribution in [0.1, 0.15) is 36.1 Å². The number of benzene rings is 1. The molecule has 1 aromatic carbocycles. The van der Waals surface area contributed by atoms with Gasteiger partial charge in [-0.25, -0.2) is 9.18 Å². The number of aliphatic carboxylic acids is 1. The number of allylic oxidation sites excluding steroid dienone is 6. The van der Waals surface area contributed by atoms with Gasteiger partial charge < -0.3 is 9.84 Å². The number of rotatable bonds is 6. The molecule has 0 aliphatic rings. The van der Waals surface area contributed by atoms with Crippen LogP contribution in [0.15, 0.2) is 47.6 Å². The van der Waals surface area contributed by atoms with Crippen LogP contribution in [0, 0.1) is 20.8 Å². The SMILES string of the molecule is COc1cc(C)c(C(F)=CC(C)=CC=CC(C)=CC(=O)O)c(C)c1C. The standard InChI is InChI=1S/C21H25FO3/c1-13(8-7-9-14(2)11-20(23)24)10-18(22)21-15(3)12-19(25-6)16(4)17(21)5/h7-12H,1-6H3,(H,23,24). The fraction of sp³-hybridized carbons (Fsp3) is 0.286. The highest BCUT2D eigenvalue weighted by Crippen LogP contribution is 2.32. The van der Waals surface area contributed by atoms with E-state index in [1.807, 2.05) is 26.8 Å². The van der Waals surface area contributed by atoms with Gasteiger partial charge in [0, 0.05) is 11.6 Å². The third kappa shape index (κ3) is 5.75. The predicted molar refractivity (Wildman–Crippen MR) is 101 cm³/mol. The Bertz CT molecular complexity index is 781. The summed E-state index contributed by atoms with van der Waals surface area (Å²) in [5.41, 5.74) is 4.51. The van der Waals surface area contributed by atoms with Gasteiger partial charge in [-0.1, -0.05) is 18.2 Å². The molecule has 0 bridgehead atoms. The quantitative estimate of drug-likeness (QED) is 0.550. The van der Waals surface area contributed by atoms with Gasteiger partial charge in [-0.05, 0) is 74.6 Å². The van der Waals surface area contributed by atoms with Crippen LogP contribution in [-0.2, 0) is 4.79 Å². The van der Waals surface area contributed by atoms with Crippen molar-refractivity contribution in [2.45, 2.75) is 34.6 Å². The van der Waals surface area contributed by atoms with Crippen LogP contribution in [0.2, 0.25) is 0 Å². The molecule has 1 rings (SSSR count). The van der Waals surface area contributed by atoms with Crippen molar-refractivity contribution in [1.29, 1.82) is 0 Å². The van der Waals surface area contributed by atoms with Crippen LogP contribution in [0.4, 0.5) is 4.39 Å². The molecule has 0 aromatic heterocycles. The summed E-state index contributed by atoms with van der Waals surface area (Å²) in [4.78, 5) is 10.6. The van der Waals surface area contributed by atoms with Crippen molar-refractivity contribution in [3.63, 3.8) is 0 Å². The second-order valence-corrected chi connectivity index (χ2v) is 6.01. The van der Waals surface area contributed by atoms with Crippen LogP contribution in [0.25, 0.3) is 5.83 Å². The van der Waals surface area contributed by atoms with Crippen LogP contribution in [-0.4, -0.2) is 18.2 Å². The minimum atomic E-state index is -0.991. The van der Waals surface area contributed by atoms with E-state index in [-0.39, 0.29) is 5.83 Å². The molecule has 0 fully saturated rings. The Hall–Kier alpha value is -2.62. The maximum Gasteiger partial charge on any atom is 0.328 e. The van der Waals surface area contributed by atoms with Crippen molar-refractivity contribution in [2.24, 2.45) is 0 Å². The first-order chi connectivity index (χ1) is 11.7. The molecular formula is C21H25FO3. The van der Waals surface area contributed by atoms with Crippen LogP contribution in [0.3, 0.4) is 0 Å². The Morgan fingerprint density at radius 1 is 1.12 bits per heavy atom. The number of methoxy groups -OCH3 is 1. The molecule has 0 radical (unpaired) electrons. The minimum absolute atomic E-state index is 0.305. The number of aryl methyl sites for hydroxylation is 1. The van der Waals surface area contributed by atoms with E-state index >= 15 is 0 Å². The fourth-order valence-corrected chi connectivity index (χ4v) is 2.54. The summed E-state index contributed by atoms with van der Waals surface area (Å²) in [5.74, 6) is -0.544. The third-order valence-electron chi connectivity index (χ3n) is 3.93. The first-order valence-electron chi connectivity index (χ1n) is 7.96. The van der Waals surface area contributed by atoms with Gasteiger partial charge in [-0.15, -0.1) is 0 Å². The Labute approximate surface area is 148 Å². The van der Waals surface area contributed by atoms with E-state index in [9.17, 15) is 9.18 Å². The van der Waals surface area contributed by atoms with Crippen molar-refractivity contribution >= 4 is 11.8 Å². The topological polar surface area (TPSA) is 46.5 Å². The molecule has 0 amide bonds. The molecule has 0 aliphatic carbocycles. The summed E-state index contributed by atoms with van der Waals surface area (Å²) in [6.45, 7) is 9.13. The highest BCUT2D eigenvalue weighted by molar-refractivity contribution is 5.81. The van der Waals surface area contributed by atoms with Crippen molar-refractivity contribution in [3.8, 4) is 5.75 Å². The molecular weight excluding hydrogens is 319 g/mol. The van der Waals surface area contributed by atoms with E-state index in [0.717, 1.165) is 34.1 Å². The normalized spacial score (nSPS) is 13.5. The number of ether oxygens (including phenoxy) is 1. The Morgan fingerprint density at radius 3 is 2.32 bits per heavy atom. The van der Waals surface area contributed by atoms with E-state index in [2.05, 4.69) is 0 Å². The maximum atomic E-state index is 14.7. The zero-order chi connectivity index (χ0) is 19.1. The molecule has 0 atom stereocenters. The smallest absolute Gasteiger partial charge is 0.328 e. The number of carboxylic acid groups (broad SMARTS) is 1. The lowest BCUT2D eigenvalue weighted by molar-refractivity contribution is -0.131.